The van der Waals surface area contributed by atoms with Gasteiger partial charge in [-0.05, 0) is 49.6 Å². The third-order valence-corrected chi connectivity index (χ3v) is 3.92. The van der Waals surface area contributed by atoms with Crippen molar-refractivity contribution in [3.05, 3.63) is 59.2 Å². The van der Waals surface area contributed by atoms with Gasteiger partial charge in [0.05, 0.1) is 13.5 Å². The molecule has 2 aromatic rings. The molecule has 26 heavy (non-hydrogen) atoms. The van der Waals surface area contributed by atoms with E-state index in [2.05, 4.69) is 10.9 Å². The number of nitrogens with one attached hydrogen (secondary N) is 2. The molecule has 138 valence electrons. The fourth-order valence-electron chi connectivity index (χ4n) is 2.42. The SMILES string of the molecule is COc1ccc(CC(=O)NNC(=O)[C@@H](C)Oc2c(C)cccc2C)cc1. The maximum absolute atomic E-state index is 12.1. The zero-order valence-electron chi connectivity index (χ0n) is 15.5. The number of aryl methyl sites for hydroxylation is 2. The lowest BCUT2D eigenvalue weighted by Gasteiger charge is -2.18. The van der Waals surface area contributed by atoms with Crippen molar-refractivity contribution in [3.8, 4) is 11.5 Å². The van der Waals surface area contributed by atoms with E-state index in [1.165, 1.54) is 0 Å². The Kier molecular flexibility index (Phi) is 6.60. The molecule has 6 heteroatoms. The molecule has 0 radical (unpaired) electrons. The van der Waals surface area contributed by atoms with Crippen molar-refractivity contribution in [2.45, 2.75) is 33.3 Å². The number of para-hydroxylation sites is 1. The van der Waals surface area contributed by atoms with Gasteiger partial charge >= 0.3 is 0 Å². The molecule has 1 atom stereocenters. The Morgan fingerprint density at radius 3 is 2.19 bits per heavy atom. The number of hydrazine groups is 1. The van der Waals surface area contributed by atoms with Crippen molar-refractivity contribution >= 4 is 11.8 Å². The average molecular weight is 356 g/mol. The highest BCUT2D eigenvalue weighted by Gasteiger charge is 2.17. The van der Waals surface area contributed by atoms with E-state index in [1.54, 1.807) is 38.3 Å². The minimum absolute atomic E-state index is 0.149. The molecule has 0 saturated heterocycles. The first-order valence-electron chi connectivity index (χ1n) is 8.35. The first-order chi connectivity index (χ1) is 12.4. The van der Waals surface area contributed by atoms with Crippen LogP contribution < -0.4 is 20.3 Å². The highest BCUT2D eigenvalue weighted by atomic mass is 16.5. The van der Waals surface area contributed by atoms with Crippen LogP contribution in [0.5, 0.6) is 11.5 Å². The first-order valence-corrected chi connectivity index (χ1v) is 8.35. The van der Waals surface area contributed by atoms with Crippen LogP contribution in [0.4, 0.5) is 0 Å². The Bertz CT molecular complexity index is 752. The number of carbonyl (C=O) groups is 2. The molecule has 0 aliphatic heterocycles. The second-order valence-electron chi connectivity index (χ2n) is 6.04. The van der Waals surface area contributed by atoms with E-state index in [4.69, 9.17) is 9.47 Å². The van der Waals surface area contributed by atoms with Gasteiger partial charge in [0, 0.05) is 0 Å². The molecule has 0 bridgehead atoms. The van der Waals surface area contributed by atoms with Gasteiger partial charge in [0.2, 0.25) is 5.91 Å². The number of ether oxygens (including phenoxy) is 2. The summed E-state index contributed by atoms with van der Waals surface area (Å²) >= 11 is 0. The van der Waals surface area contributed by atoms with Crippen LogP contribution in [0, 0.1) is 13.8 Å². The Hall–Kier alpha value is -3.02. The topological polar surface area (TPSA) is 76.7 Å². The molecule has 6 nitrogen and oxygen atoms in total. The molecule has 2 rings (SSSR count). The maximum atomic E-state index is 12.1. The van der Waals surface area contributed by atoms with E-state index in [9.17, 15) is 9.59 Å². The average Bonchev–Trinajstić information content (AvgIpc) is 2.63. The third kappa shape index (κ3) is 5.24. The minimum Gasteiger partial charge on any atom is -0.497 e. The molecule has 2 N–H and O–H groups in total. The summed E-state index contributed by atoms with van der Waals surface area (Å²) in [6.07, 6.45) is -0.591. The van der Waals surface area contributed by atoms with Gasteiger partial charge in [-0.1, -0.05) is 30.3 Å². The summed E-state index contributed by atoms with van der Waals surface area (Å²) in [5, 5.41) is 0. The summed E-state index contributed by atoms with van der Waals surface area (Å²) in [6, 6.07) is 12.9. The van der Waals surface area contributed by atoms with E-state index in [0.717, 1.165) is 22.4 Å². The predicted octanol–water partition coefficient (Wildman–Crippen LogP) is 2.47. The van der Waals surface area contributed by atoms with Crippen LogP contribution >= 0.6 is 0 Å². The van der Waals surface area contributed by atoms with E-state index in [-0.39, 0.29) is 12.3 Å². The molecule has 0 fully saturated rings. The first kappa shape index (κ1) is 19.3. The molecule has 0 aliphatic rings. The lowest BCUT2D eigenvalue weighted by Crippen LogP contribution is -2.47. The fourth-order valence-corrected chi connectivity index (χ4v) is 2.42. The number of benzene rings is 2. The molecule has 0 spiro atoms. The zero-order valence-corrected chi connectivity index (χ0v) is 15.5. The number of rotatable bonds is 6. The summed E-state index contributed by atoms with van der Waals surface area (Å²) in [7, 11) is 1.58. The molecule has 0 unspecified atom stereocenters. The molecular weight excluding hydrogens is 332 g/mol. The van der Waals surface area contributed by atoms with Crippen LogP contribution in [-0.4, -0.2) is 25.0 Å². The van der Waals surface area contributed by atoms with E-state index in [1.807, 2.05) is 32.0 Å². The van der Waals surface area contributed by atoms with Crippen LogP contribution in [0.1, 0.15) is 23.6 Å². The predicted molar refractivity (Wildman–Crippen MR) is 99.0 cm³/mol. The molecule has 2 aromatic carbocycles. The fraction of sp³-hybridized carbons (Fsp3) is 0.300. The van der Waals surface area contributed by atoms with Crippen molar-refractivity contribution in [1.82, 2.24) is 10.9 Å². The van der Waals surface area contributed by atoms with Crippen LogP contribution in [-0.2, 0) is 16.0 Å². The second kappa shape index (κ2) is 8.89. The van der Waals surface area contributed by atoms with Crippen molar-refractivity contribution in [2.24, 2.45) is 0 Å². The standard InChI is InChI=1S/C20H24N2O4/c1-13-6-5-7-14(2)19(13)26-15(3)20(24)22-21-18(23)12-16-8-10-17(25-4)11-9-16/h5-11,15H,12H2,1-4H3,(H,21,23)(H,22,24)/t15-/m1/s1. The van der Waals surface area contributed by atoms with Crippen LogP contribution in [0.2, 0.25) is 0 Å². The quantitative estimate of drug-likeness (QED) is 0.780. The van der Waals surface area contributed by atoms with E-state index < -0.39 is 12.0 Å². The monoisotopic (exact) mass is 356 g/mol. The highest BCUT2D eigenvalue weighted by Crippen LogP contribution is 2.23. The van der Waals surface area contributed by atoms with Crippen LogP contribution in [0.25, 0.3) is 0 Å². The summed E-state index contributed by atoms with van der Waals surface area (Å²) in [5.74, 6) is 0.665. The molecule has 0 heterocycles. The summed E-state index contributed by atoms with van der Waals surface area (Å²) < 4.78 is 10.8. The van der Waals surface area contributed by atoms with Crippen LogP contribution in [0.3, 0.4) is 0 Å². The highest BCUT2D eigenvalue weighted by molar-refractivity contribution is 5.85. The minimum atomic E-state index is -0.740. The molecule has 2 amide bonds. The summed E-state index contributed by atoms with van der Waals surface area (Å²) in [4.78, 5) is 24.1. The third-order valence-electron chi connectivity index (χ3n) is 3.92. The molecule has 0 aliphatic carbocycles. The van der Waals surface area contributed by atoms with Gasteiger partial charge in [-0.15, -0.1) is 0 Å². The lowest BCUT2D eigenvalue weighted by molar-refractivity contribution is -0.132. The molecule has 0 aromatic heterocycles. The van der Waals surface area contributed by atoms with Gasteiger partial charge in [0.1, 0.15) is 11.5 Å². The normalized spacial score (nSPS) is 11.4. The van der Waals surface area contributed by atoms with Crippen molar-refractivity contribution in [1.29, 1.82) is 0 Å². The van der Waals surface area contributed by atoms with Gasteiger partial charge in [-0.2, -0.15) is 0 Å². The van der Waals surface area contributed by atoms with Gasteiger partial charge in [0.15, 0.2) is 6.10 Å². The number of hydrogen-bond acceptors (Lipinski definition) is 4. The Balaban J connectivity index is 1.84. The Labute approximate surface area is 153 Å². The Morgan fingerprint density at radius 1 is 1.00 bits per heavy atom. The van der Waals surface area contributed by atoms with Gasteiger partial charge in [-0.3, -0.25) is 20.4 Å². The van der Waals surface area contributed by atoms with Crippen molar-refractivity contribution in [3.63, 3.8) is 0 Å². The van der Waals surface area contributed by atoms with Crippen LogP contribution in [0.15, 0.2) is 42.5 Å². The number of methoxy groups -OCH3 is 1. The number of amides is 2. The maximum Gasteiger partial charge on any atom is 0.279 e. The van der Waals surface area contributed by atoms with E-state index >= 15 is 0 Å². The number of hydrogen-bond donors (Lipinski definition) is 2. The van der Waals surface area contributed by atoms with Gasteiger partial charge in [0.25, 0.3) is 5.91 Å². The smallest absolute Gasteiger partial charge is 0.279 e. The summed E-state index contributed by atoms with van der Waals surface area (Å²) in [5.41, 5.74) is 7.52. The number of carbonyl (C=O) groups excluding carboxylic acids is 2. The molecule has 0 saturated carbocycles. The molecular formula is C20H24N2O4. The van der Waals surface area contributed by atoms with Gasteiger partial charge in [-0.25, -0.2) is 0 Å². The van der Waals surface area contributed by atoms with E-state index in [0.29, 0.717) is 5.75 Å². The lowest BCUT2D eigenvalue weighted by atomic mass is 10.1. The second-order valence-corrected chi connectivity index (χ2v) is 6.04. The summed E-state index contributed by atoms with van der Waals surface area (Å²) in [6.45, 7) is 5.48. The van der Waals surface area contributed by atoms with Gasteiger partial charge < -0.3 is 9.47 Å². The zero-order chi connectivity index (χ0) is 19.1. The largest absolute Gasteiger partial charge is 0.497 e. The Morgan fingerprint density at radius 2 is 1.62 bits per heavy atom. The van der Waals surface area contributed by atoms with Crippen molar-refractivity contribution < 1.29 is 19.1 Å². The van der Waals surface area contributed by atoms with Crippen molar-refractivity contribution in [2.75, 3.05) is 7.11 Å².